The molecule has 1 aliphatic carbocycles. The SMILES string of the molecule is CCOC(=O)N1CCN(C(=O)NC=C2CCCC2)CC1. The highest BCUT2D eigenvalue weighted by atomic mass is 16.6. The monoisotopic (exact) mass is 281 g/mol. The molecular formula is C14H23N3O3. The molecule has 0 aromatic heterocycles. The van der Waals surface area contributed by atoms with Crippen LogP contribution >= 0.6 is 0 Å². The molecule has 1 heterocycles. The van der Waals surface area contributed by atoms with E-state index in [1.165, 1.54) is 18.4 Å². The molecule has 0 unspecified atom stereocenters. The number of amides is 3. The number of carbonyl (C=O) groups excluding carboxylic acids is 2. The van der Waals surface area contributed by atoms with Crippen LogP contribution in [0.1, 0.15) is 32.6 Å². The molecule has 6 heteroatoms. The van der Waals surface area contributed by atoms with E-state index in [-0.39, 0.29) is 12.1 Å². The summed E-state index contributed by atoms with van der Waals surface area (Å²) in [6.45, 7) is 4.33. The number of rotatable bonds is 2. The number of hydrogen-bond donors (Lipinski definition) is 1. The molecule has 0 aromatic carbocycles. The Morgan fingerprint density at radius 3 is 2.35 bits per heavy atom. The number of allylic oxidation sites excluding steroid dienone is 1. The van der Waals surface area contributed by atoms with Gasteiger partial charge in [0.1, 0.15) is 0 Å². The Kier molecular flexibility index (Phi) is 5.26. The molecule has 1 saturated heterocycles. The normalized spacial score (nSPS) is 18.9. The highest BCUT2D eigenvalue weighted by molar-refractivity contribution is 5.76. The van der Waals surface area contributed by atoms with Gasteiger partial charge in [-0.25, -0.2) is 9.59 Å². The van der Waals surface area contributed by atoms with Gasteiger partial charge in [0, 0.05) is 32.4 Å². The minimum Gasteiger partial charge on any atom is -0.450 e. The van der Waals surface area contributed by atoms with Crippen molar-refractivity contribution in [2.45, 2.75) is 32.6 Å². The molecule has 3 amide bonds. The van der Waals surface area contributed by atoms with E-state index in [4.69, 9.17) is 4.74 Å². The van der Waals surface area contributed by atoms with Crippen LogP contribution in [0.3, 0.4) is 0 Å². The van der Waals surface area contributed by atoms with Gasteiger partial charge >= 0.3 is 12.1 Å². The number of carbonyl (C=O) groups is 2. The van der Waals surface area contributed by atoms with Crippen molar-refractivity contribution in [2.75, 3.05) is 32.8 Å². The summed E-state index contributed by atoms with van der Waals surface area (Å²) in [4.78, 5) is 26.9. The Morgan fingerprint density at radius 2 is 1.75 bits per heavy atom. The summed E-state index contributed by atoms with van der Waals surface area (Å²) in [7, 11) is 0. The molecule has 20 heavy (non-hydrogen) atoms. The first-order valence-corrected chi connectivity index (χ1v) is 7.35. The standard InChI is InChI=1S/C14H23N3O3/c1-2-20-14(19)17-9-7-16(8-10-17)13(18)15-11-12-5-3-4-6-12/h11H,2-10H2,1H3,(H,15,18). The average Bonchev–Trinajstić information content (AvgIpc) is 2.98. The molecule has 2 aliphatic rings. The van der Waals surface area contributed by atoms with E-state index in [2.05, 4.69) is 5.32 Å². The first kappa shape index (κ1) is 14.7. The number of nitrogens with zero attached hydrogens (tertiary/aromatic N) is 2. The number of ether oxygens (including phenoxy) is 1. The maximum absolute atomic E-state index is 12.0. The lowest BCUT2D eigenvalue weighted by molar-refractivity contribution is 0.0856. The number of hydrogen-bond acceptors (Lipinski definition) is 3. The smallest absolute Gasteiger partial charge is 0.409 e. The van der Waals surface area contributed by atoms with Gasteiger partial charge in [-0.2, -0.15) is 0 Å². The van der Waals surface area contributed by atoms with Gasteiger partial charge in [0.05, 0.1) is 6.61 Å². The Hall–Kier alpha value is -1.72. The van der Waals surface area contributed by atoms with Gasteiger partial charge in [0.2, 0.25) is 0 Å². The van der Waals surface area contributed by atoms with Gasteiger partial charge in [0.15, 0.2) is 0 Å². The van der Waals surface area contributed by atoms with Gasteiger partial charge < -0.3 is 19.9 Å². The summed E-state index contributed by atoms with van der Waals surface area (Å²) in [5.41, 5.74) is 1.32. The maximum Gasteiger partial charge on any atom is 0.409 e. The molecule has 0 aromatic rings. The number of nitrogens with one attached hydrogen (secondary N) is 1. The van der Waals surface area contributed by atoms with Crippen molar-refractivity contribution in [2.24, 2.45) is 0 Å². The van der Waals surface area contributed by atoms with Crippen molar-refractivity contribution in [1.82, 2.24) is 15.1 Å². The Balaban J connectivity index is 1.74. The van der Waals surface area contributed by atoms with Crippen LogP contribution in [0.2, 0.25) is 0 Å². The van der Waals surface area contributed by atoms with E-state index in [9.17, 15) is 9.59 Å². The second kappa shape index (κ2) is 7.17. The zero-order chi connectivity index (χ0) is 14.4. The third kappa shape index (κ3) is 3.88. The second-order valence-electron chi connectivity index (χ2n) is 5.13. The molecule has 1 aliphatic heterocycles. The molecule has 0 radical (unpaired) electrons. The van der Waals surface area contributed by atoms with Gasteiger partial charge in [-0.05, 0) is 32.6 Å². The number of urea groups is 1. The molecule has 1 N–H and O–H groups in total. The van der Waals surface area contributed by atoms with E-state index >= 15 is 0 Å². The minimum atomic E-state index is -0.291. The molecule has 112 valence electrons. The predicted molar refractivity (Wildman–Crippen MR) is 75.3 cm³/mol. The van der Waals surface area contributed by atoms with Crippen LogP contribution in [-0.4, -0.2) is 54.7 Å². The summed E-state index contributed by atoms with van der Waals surface area (Å²) < 4.78 is 4.95. The molecule has 0 bridgehead atoms. The Morgan fingerprint density at radius 1 is 1.15 bits per heavy atom. The predicted octanol–water partition coefficient (Wildman–Crippen LogP) is 1.93. The Bertz CT molecular complexity index is 379. The summed E-state index contributed by atoms with van der Waals surface area (Å²) in [6.07, 6.45) is 6.20. The van der Waals surface area contributed by atoms with Crippen LogP contribution in [0.25, 0.3) is 0 Å². The highest BCUT2D eigenvalue weighted by Gasteiger charge is 2.24. The quantitative estimate of drug-likeness (QED) is 0.841. The van der Waals surface area contributed by atoms with E-state index < -0.39 is 0 Å². The largest absolute Gasteiger partial charge is 0.450 e. The lowest BCUT2D eigenvalue weighted by Gasteiger charge is -2.33. The molecule has 2 fully saturated rings. The first-order valence-electron chi connectivity index (χ1n) is 7.35. The topological polar surface area (TPSA) is 61.9 Å². The second-order valence-corrected chi connectivity index (χ2v) is 5.13. The van der Waals surface area contributed by atoms with Crippen molar-refractivity contribution in [3.63, 3.8) is 0 Å². The molecule has 0 spiro atoms. The van der Waals surface area contributed by atoms with Crippen molar-refractivity contribution in [3.05, 3.63) is 11.8 Å². The zero-order valence-electron chi connectivity index (χ0n) is 12.1. The van der Waals surface area contributed by atoms with Gasteiger partial charge in [-0.1, -0.05) is 5.57 Å². The summed E-state index contributed by atoms with van der Waals surface area (Å²) in [5, 5.41) is 2.85. The third-order valence-corrected chi connectivity index (χ3v) is 3.74. The maximum atomic E-state index is 12.0. The van der Waals surface area contributed by atoms with Gasteiger partial charge in [-0.3, -0.25) is 0 Å². The first-order chi connectivity index (χ1) is 9.70. The average molecular weight is 281 g/mol. The Labute approximate surface area is 119 Å². The van der Waals surface area contributed by atoms with Crippen molar-refractivity contribution in [3.8, 4) is 0 Å². The van der Waals surface area contributed by atoms with Crippen LogP contribution in [0.4, 0.5) is 9.59 Å². The van der Waals surface area contributed by atoms with Crippen LogP contribution in [0, 0.1) is 0 Å². The lowest BCUT2D eigenvalue weighted by atomic mass is 10.2. The van der Waals surface area contributed by atoms with Gasteiger partial charge in [0.25, 0.3) is 0 Å². The fourth-order valence-electron chi connectivity index (χ4n) is 2.54. The van der Waals surface area contributed by atoms with E-state index in [0.717, 1.165) is 12.8 Å². The fourth-order valence-corrected chi connectivity index (χ4v) is 2.54. The molecule has 2 rings (SSSR count). The van der Waals surface area contributed by atoms with E-state index in [1.54, 1.807) is 16.7 Å². The van der Waals surface area contributed by atoms with E-state index in [1.807, 2.05) is 6.20 Å². The van der Waals surface area contributed by atoms with Crippen molar-refractivity contribution in [1.29, 1.82) is 0 Å². The van der Waals surface area contributed by atoms with Crippen LogP contribution < -0.4 is 5.32 Å². The van der Waals surface area contributed by atoms with Crippen molar-refractivity contribution < 1.29 is 14.3 Å². The van der Waals surface area contributed by atoms with E-state index in [0.29, 0.717) is 32.8 Å². The fraction of sp³-hybridized carbons (Fsp3) is 0.714. The minimum absolute atomic E-state index is 0.0760. The zero-order valence-corrected chi connectivity index (χ0v) is 12.1. The molecule has 1 saturated carbocycles. The summed E-state index contributed by atoms with van der Waals surface area (Å²) in [5.74, 6) is 0. The van der Waals surface area contributed by atoms with Crippen LogP contribution in [-0.2, 0) is 4.74 Å². The molecular weight excluding hydrogens is 258 g/mol. The summed E-state index contributed by atoms with van der Waals surface area (Å²) >= 11 is 0. The van der Waals surface area contributed by atoms with Crippen LogP contribution in [0.15, 0.2) is 11.8 Å². The van der Waals surface area contributed by atoms with Gasteiger partial charge in [-0.15, -0.1) is 0 Å². The molecule has 6 nitrogen and oxygen atoms in total. The summed E-state index contributed by atoms with van der Waals surface area (Å²) in [6, 6.07) is -0.0760. The lowest BCUT2D eigenvalue weighted by Crippen LogP contribution is -2.52. The van der Waals surface area contributed by atoms with Crippen LogP contribution in [0.5, 0.6) is 0 Å². The number of piperazine rings is 1. The molecule has 0 atom stereocenters. The van der Waals surface area contributed by atoms with Crippen molar-refractivity contribution >= 4 is 12.1 Å². The highest BCUT2D eigenvalue weighted by Crippen LogP contribution is 2.22. The third-order valence-electron chi connectivity index (χ3n) is 3.74.